The van der Waals surface area contributed by atoms with Crippen molar-refractivity contribution in [1.29, 1.82) is 0 Å². The lowest BCUT2D eigenvalue weighted by Crippen LogP contribution is -2.45. The number of amides is 1. The number of carbonyl (C=O) groups excluding carboxylic acids is 1. The van der Waals surface area contributed by atoms with Gasteiger partial charge in [-0.3, -0.25) is 4.79 Å². The van der Waals surface area contributed by atoms with Gasteiger partial charge in [0, 0.05) is 11.6 Å². The van der Waals surface area contributed by atoms with E-state index in [-0.39, 0.29) is 27.5 Å². The summed E-state index contributed by atoms with van der Waals surface area (Å²) in [4.78, 5) is 11.9. The number of sulfonamides is 1. The van der Waals surface area contributed by atoms with Gasteiger partial charge in [0.2, 0.25) is 15.9 Å². The molecule has 1 amide bonds. The Morgan fingerprint density at radius 3 is 2.52 bits per heavy atom. The van der Waals surface area contributed by atoms with Crippen molar-refractivity contribution in [2.75, 3.05) is 13.2 Å². The Morgan fingerprint density at radius 2 is 1.96 bits per heavy atom. The monoisotopic (exact) mass is 362 g/mol. The summed E-state index contributed by atoms with van der Waals surface area (Å²) in [5, 5.41) is 2.95. The zero-order valence-corrected chi connectivity index (χ0v) is 15.3. The Hall–Kier alpha value is -1.31. The molecule has 0 heterocycles. The molecular weight excluding hydrogens is 340 g/mol. The van der Waals surface area contributed by atoms with Gasteiger partial charge in [0.05, 0.1) is 12.6 Å². The largest absolute Gasteiger partial charge is 0.492 e. The minimum absolute atomic E-state index is 0.0876. The maximum Gasteiger partial charge on any atom is 0.245 e. The van der Waals surface area contributed by atoms with Crippen LogP contribution in [0.2, 0.25) is 5.02 Å². The molecule has 0 radical (unpaired) electrons. The molecule has 0 aromatic heterocycles. The van der Waals surface area contributed by atoms with Crippen molar-refractivity contribution in [3.63, 3.8) is 0 Å². The summed E-state index contributed by atoms with van der Waals surface area (Å²) in [5.74, 6) is 0.0849. The summed E-state index contributed by atoms with van der Waals surface area (Å²) in [7, 11) is -3.94. The van der Waals surface area contributed by atoms with Gasteiger partial charge in [-0.1, -0.05) is 25.4 Å². The highest BCUT2D eigenvalue weighted by Gasteiger charge is 2.25. The maximum atomic E-state index is 12.5. The Labute approximate surface area is 142 Å². The number of rotatable bonds is 8. The topological polar surface area (TPSA) is 84.5 Å². The van der Waals surface area contributed by atoms with E-state index in [4.69, 9.17) is 16.3 Å². The molecule has 1 atom stereocenters. The van der Waals surface area contributed by atoms with Crippen molar-refractivity contribution < 1.29 is 17.9 Å². The van der Waals surface area contributed by atoms with Crippen LogP contribution in [-0.4, -0.2) is 33.5 Å². The molecule has 23 heavy (non-hydrogen) atoms. The number of halogens is 1. The molecular formula is C15H23ClN2O4S. The van der Waals surface area contributed by atoms with Crippen molar-refractivity contribution >= 4 is 27.5 Å². The quantitative estimate of drug-likeness (QED) is 0.742. The van der Waals surface area contributed by atoms with Crippen LogP contribution in [0.25, 0.3) is 0 Å². The molecule has 2 N–H and O–H groups in total. The molecule has 0 aliphatic rings. The van der Waals surface area contributed by atoms with Gasteiger partial charge in [0.25, 0.3) is 0 Å². The first kappa shape index (κ1) is 19.7. The first-order chi connectivity index (χ1) is 10.7. The Bertz CT molecular complexity index is 647. The van der Waals surface area contributed by atoms with E-state index in [0.717, 1.165) is 0 Å². The fraction of sp³-hybridized carbons (Fsp3) is 0.533. The Kier molecular flexibility index (Phi) is 7.31. The van der Waals surface area contributed by atoms with Crippen LogP contribution >= 0.6 is 11.6 Å². The molecule has 6 nitrogen and oxygen atoms in total. The zero-order chi connectivity index (χ0) is 17.6. The van der Waals surface area contributed by atoms with Crippen molar-refractivity contribution in [3.8, 4) is 5.75 Å². The third-order valence-electron chi connectivity index (χ3n) is 2.90. The predicted octanol–water partition coefficient (Wildman–Crippen LogP) is 2.18. The Morgan fingerprint density at radius 1 is 1.30 bits per heavy atom. The minimum atomic E-state index is -3.94. The second-order valence-electron chi connectivity index (χ2n) is 5.51. The van der Waals surface area contributed by atoms with Crippen LogP contribution in [0.15, 0.2) is 23.1 Å². The summed E-state index contributed by atoms with van der Waals surface area (Å²) >= 11 is 5.88. The third-order valence-corrected chi connectivity index (χ3v) is 4.70. The SMILES string of the molecule is CCOc1ccc(Cl)cc1S(=O)(=O)NC(C)C(=O)NCC(C)C. The number of ether oxygens (including phenoxy) is 1. The van der Waals surface area contributed by atoms with Gasteiger partial charge < -0.3 is 10.1 Å². The van der Waals surface area contributed by atoms with Crippen LogP contribution in [0.4, 0.5) is 0 Å². The molecule has 0 saturated heterocycles. The van der Waals surface area contributed by atoms with E-state index in [1.807, 2.05) is 13.8 Å². The molecule has 130 valence electrons. The van der Waals surface area contributed by atoms with Crippen molar-refractivity contribution in [2.45, 2.75) is 38.6 Å². The van der Waals surface area contributed by atoms with Crippen LogP contribution < -0.4 is 14.8 Å². The van der Waals surface area contributed by atoms with E-state index >= 15 is 0 Å². The average Bonchev–Trinajstić information content (AvgIpc) is 2.46. The zero-order valence-electron chi connectivity index (χ0n) is 13.7. The molecule has 0 saturated carbocycles. The van der Waals surface area contributed by atoms with E-state index in [1.54, 1.807) is 13.0 Å². The van der Waals surface area contributed by atoms with E-state index in [2.05, 4.69) is 10.0 Å². The molecule has 1 rings (SSSR count). The van der Waals surface area contributed by atoms with Crippen molar-refractivity contribution in [3.05, 3.63) is 23.2 Å². The molecule has 0 bridgehead atoms. The molecule has 8 heteroatoms. The van der Waals surface area contributed by atoms with Crippen LogP contribution in [0.3, 0.4) is 0 Å². The lowest BCUT2D eigenvalue weighted by atomic mass is 10.2. The molecule has 0 fully saturated rings. The third kappa shape index (κ3) is 6.01. The van der Waals surface area contributed by atoms with Gasteiger partial charge in [-0.15, -0.1) is 0 Å². The summed E-state index contributed by atoms with van der Waals surface area (Å²) in [6, 6.07) is 3.43. The average molecular weight is 363 g/mol. The highest BCUT2D eigenvalue weighted by atomic mass is 35.5. The number of hydrogen-bond donors (Lipinski definition) is 2. The lowest BCUT2D eigenvalue weighted by molar-refractivity contribution is -0.122. The molecule has 1 unspecified atom stereocenters. The first-order valence-electron chi connectivity index (χ1n) is 7.39. The number of hydrogen-bond acceptors (Lipinski definition) is 4. The second kappa shape index (κ2) is 8.52. The van der Waals surface area contributed by atoms with Crippen LogP contribution in [-0.2, 0) is 14.8 Å². The van der Waals surface area contributed by atoms with E-state index in [0.29, 0.717) is 13.2 Å². The van der Waals surface area contributed by atoms with Crippen LogP contribution in [0, 0.1) is 5.92 Å². The van der Waals surface area contributed by atoms with Gasteiger partial charge in [0.15, 0.2) is 0 Å². The minimum Gasteiger partial charge on any atom is -0.492 e. The van der Waals surface area contributed by atoms with Gasteiger partial charge in [-0.2, -0.15) is 4.72 Å². The fourth-order valence-electron chi connectivity index (χ4n) is 1.77. The van der Waals surface area contributed by atoms with Gasteiger partial charge in [-0.05, 0) is 38.0 Å². The summed E-state index contributed by atoms with van der Waals surface area (Å²) in [6.07, 6.45) is 0. The number of benzene rings is 1. The summed E-state index contributed by atoms with van der Waals surface area (Å²) in [5.41, 5.74) is 0. The predicted molar refractivity (Wildman–Crippen MR) is 90.3 cm³/mol. The van der Waals surface area contributed by atoms with Crippen molar-refractivity contribution in [1.82, 2.24) is 10.0 Å². The Balaban J connectivity index is 2.95. The maximum absolute atomic E-state index is 12.5. The van der Waals surface area contributed by atoms with Gasteiger partial charge in [0.1, 0.15) is 10.6 Å². The van der Waals surface area contributed by atoms with Crippen molar-refractivity contribution in [2.24, 2.45) is 5.92 Å². The van der Waals surface area contributed by atoms with Gasteiger partial charge in [-0.25, -0.2) is 8.42 Å². The first-order valence-corrected chi connectivity index (χ1v) is 9.25. The smallest absolute Gasteiger partial charge is 0.245 e. The van der Waals surface area contributed by atoms with E-state index in [9.17, 15) is 13.2 Å². The fourth-order valence-corrected chi connectivity index (χ4v) is 3.38. The van der Waals surface area contributed by atoms with Gasteiger partial charge >= 0.3 is 0 Å². The number of carbonyl (C=O) groups is 1. The highest BCUT2D eigenvalue weighted by molar-refractivity contribution is 7.89. The van der Waals surface area contributed by atoms with Crippen LogP contribution in [0.1, 0.15) is 27.7 Å². The standard InChI is InChI=1S/C15H23ClN2O4S/c1-5-22-13-7-6-12(16)8-14(13)23(20,21)18-11(4)15(19)17-9-10(2)3/h6-8,10-11,18H,5,9H2,1-4H3,(H,17,19). The molecule has 0 spiro atoms. The highest BCUT2D eigenvalue weighted by Crippen LogP contribution is 2.27. The second-order valence-corrected chi connectivity index (χ2v) is 7.62. The normalized spacial score (nSPS) is 13.0. The lowest BCUT2D eigenvalue weighted by Gasteiger charge is -2.17. The summed E-state index contributed by atoms with van der Waals surface area (Å²) in [6.45, 7) is 7.93. The van der Waals surface area contributed by atoms with E-state index in [1.165, 1.54) is 19.1 Å². The van der Waals surface area contributed by atoms with E-state index < -0.39 is 16.1 Å². The molecule has 1 aromatic carbocycles. The molecule has 0 aliphatic heterocycles. The number of nitrogens with one attached hydrogen (secondary N) is 2. The molecule has 0 aliphatic carbocycles. The van der Waals surface area contributed by atoms with Crippen LogP contribution in [0.5, 0.6) is 5.75 Å². The summed E-state index contributed by atoms with van der Waals surface area (Å²) < 4.78 is 32.7. The molecule has 1 aromatic rings.